The van der Waals surface area contributed by atoms with Crippen LogP contribution in [-0.2, 0) is 0 Å². The third kappa shape index (κ3) is 3.82. The van der Waals surface area contributed by atoms with Gasteiger partial charge in [-0.05, 0) is 6.07 Å². The van der Waals surface area contributed by atoms with Crippen molar-refractivity contribution < 1.29 is 4.92 Å². The molecule has 2 heterocycles. The van der Waals surface area contributed by atoms with Gasteiger partial charge in [0.1, 0.15) is 11.9 Å². The number of nitrogens with one attached hydrogen (secondary N) is 1. The third-order valence-corrected chi connectivity index (χ3v) is 3.96. The number of rotatable bonds is 5. The van der Waals surface area contributed by atoms with Crippen LogP contribution in [0.15, 0.2) is 12.1 Å². The Labute approximate surface area is 121 Å². The number of hydrogen-bond donors (Lipinski definition) is 1. The predicted octanol–water partition coefficient (Wildman–Crippen LogP) is 1.32. The zero-order chi connectivity index (χ0) is 14.4. The van der Waals surface area contributed by atoms with Gasteiger partial charge in [0.2, 0.25) is 5.69 Å². The molecule has 0 aliphatic carbocycles. The van der Waals surface area contributed by atoms with Gasteiger partial charge >= 0.3 is 5.69 Å². The number of aromatic nitrogens is 1. The highest BCUT2D eigenvalue weighted by Crippen LogP contribution is 2.18. The Bertz CT molecular complexity index is 525. The molecule has 1 N–H and O–H groups in total. The quantitative estimate of drug-likeness (QED) is 0.646. The van der Waals surface area contributed by atoms with Gasteiger partial charge in [-0.2, -0.15) is 17.0 Å². The molecule has 2 rings (SSSR count). The summed E-state index contributed by atoms with van der Waals surface area (Å²) in [5.74, 6) is 2.82. The van der Waals surface area contributed by atoms with Crippen molar-refractivity contribution in [2.24, 2.45) is 0 Å². The second-order valence-electron chi connectivity index (χ2n) is 4.31. The third-order valence-electron chi connectivity index (χ3n) is 3.01. The summed E-state index contributed by atoms with van der Waals surface area (Å²) >= 11 is 1.96. The summed E-state index contributed by atoms with van der Waals surface area (Å²) in [5, 5.41) is 22.7. The van der Waals surface area contributed by atoms with Gasteiger partial charge in [0, 0.05) is 43.8 Å². The summed E-state index contributed by atoms with van der Waals surface area (Å²) in [6.45, 7) is 3.79. The van der Waals surface area contributed by atoms with E-state index >= 15 is 0 Å². The molecule has 0 saturated carbocycles. The van der Waals surface area contributed by atoms with Gasteiger partial charge in [0.25, 0.3) is 0 Å². The van der Waals surface area contributed by atoms with Gasteiger partial charge in [-0.25, -0.2) is 4.98 Å². The van der Waals surface area contributed by atoms with Gasteiger partial charge < -0.3 is 5.32 Å². The van der Waals surface area contributed by atoms with Crippen LogP contribution < -0.4 is 5.32 Å². The smallest absolute Gasteiger partial charge is 0.305 e. The van der Waals surface area contributed by atoms with E-state index in [9.17, 15) is 10.1 Å². The molecule has 0 unspecified atom stereocenters. The molecule has 1 saturated heterocycles. The summed E-state index contributed by atoms with van der Waals surface area (Å²) in [7, 11) is 0. The Kier molecular flexibility index (Phi) is 5.15. The lowest BCUT2D eigenvalue weighted by atomic mass is 10.3. The van der Waals surface area contributed by atoms with Crippen molar-refractivity contribution in [1.29, 1.82) is 5.26 Å². The first-order chi connectivity index (χ1) is 9.70. The van der Waals surface area contributed by atoms with Crippen LogP contribution in [0.2, 0.25) is 0 Å². The molecule has 0 atom stereocenters. The van der Waals surface area contributed by atoms with Crippen molar-refractivity contribution in [3.05, 3.63) is 27.9 Å². The maximum atomic E-state index is 10.7. The molecule has 1 aliphatic heterocycles. The Morgan fingerprint density at radius 3 is 2.90 bits per heavy atom. The molecule has 20 heavy (non-hydrogen) atoms. The summed E-state index contributed by atoms with van der Waals surface area (Å²) in [6, 6.07) is 4.59. The minimum Gasteiger partial charge on any atom is -0.369 e. The Morgan fingerprint density at radius 2 is 2.25 bits per heavy atom. The zero-order valence-corrected chi connectivity index (χ0v) is 11.7. The number of anilines is 1. The molecule has 1 aliphatic rings. The standard InChI is InChI=1S/C12H15N5O2S/c13-9-10-11(17(18)19)1-2-12(15-10)14-3-4-16-5-7-20-8-6-16/h1-2H,3-8H2,(H,14,15). The molecule has 0 bridgehead atoms. The largest absolute Gasteiger partial charge is 0.369 e. The van der Waals surface area contributed by atoms with E-state index in [0.29, 0.717) is 12.4 Å². The number of nitrogens with zero attached hydrogens (tertiary/aromatic N) is 4. The molecule has 106 valence electrons. The number of nitriles is 1. The van der Waals surface area contributed by atoms with Crippen LogP contribution in [-0.4, -0.2) is 52.5 Å². The molecule has 7 nitrogen and oxygen atoms in total. The first-order valence-corrected chi connectivity index (χ1v) is 7.45. The maximum Gasteiger partial charge on any atom is 0.305 e. The Hall–Kier alpha value is -1.85. The molecule has 1 aromatic heterocycles. The SMILES string of the molecule is N#Cc1nc(NCCN2CCSCC2)ccc1[N+](=O)[O-]. The fourth-order valence-electron chi connectivity index (χ4n) is 1.95. The molecule has 8 heteroatoms. The van der Waals surface area contributed by atoms with Crippen LogP contribution in [0.25, 0.3) is 0 Å². The van der Waals surface area contributed by atoms with Crippen LogP contribution in [0.4, 0.5) is 11.5 Å². The van der Waals surface area contributed by atoms with Gasteiger partial charge in [0.15, 0.2) is 0 Å². The lowest BCUT2D eigenvalue weighted by molar-refractivity contribution is -0.385. The summed E-state index contributed by atoms with van der Waals surface area (Å²) in [4.78, 5) is 16.4. The average Bonchev–Trinajstić information content (AvgIpc) is 2.48. The number of nitro groups is 1. The van der Waals surface area contributed by atoms with Crippen molar-refractivity contribution in [3.8, 4) is 6.07 Å². The fourth-order valence-corrected chi connectivity index (χ4v) is 2.93. The minimum absolute atomic E-state index is 0.158. The van der Waals surface area contributed by atoms with Crippen LogP contribution in [0.1, 0.15) is 5.69 Å². The topological polar surface area (TPSA) is 95.1 Å². The van der Waals surface area contributed by atoms with E-state index in [1.807, 2.05) is 11.8 Å². The van der Waals surface area contributed by atoms with E-state index in [2.05, 4.69) is 15.2 Å². The molecule has 0 aromatic carbocycles. The second-order valence-corrected chi connectivity index (χ2v) is 5.54. The molecule has 1 aromatic rings. The number of pyridine rings is 1. The first kappa shape index (κ1) is 14.6. The lowest BCUT2D eigenvalue weighted by Crippen LogP contribution is -2.36. The fraction of sp³-hybridized carbons (Fsp3) is 0.500. The van der Waals surface area contributed by atoms with Crippen LogP contribution in [0, 0.1) is 21.4 Å². The van der Waals surface area contributed by atoms with Crippen molar-refractivity contribution in [3.63, 3.8) is 0 Å². The van der Waals surface area contributed by atoms with Gasteiger partial charge in [-0.3, -0.25) is 15.0 Å². The van der Waals surface area contributed by atoms with Crippen molar-refractivity contribution >= 4 is 23.3 Å². The van der Waals surface area contributed by atoms with Crippen LogP contribution in [0.5, 0.6) is 0 Å². The lowest BCUT2D eigenvalue weighted by Gasteiger charge is -2.26. The second kappa shape index (κ2) is 7.07. The minimum atomic E-state index is -0.596. The average molecular weight is 293 g/mol. The number of hydrogen-bond acceptors (Lipinski definition) is 7. The Morgan fingerprint density at radius 1 is 1.50 bits per heavy atom. The molecule has 0 spiro atoms. The highest BCUT2D eigenvalue weighted by atomic mass is 32.2. The monoisotopic (exact) mass is 293 g/mol. The first-order valence-electron chi connectivity index (χ1n) is 6.30. The van der Waals surface area contributed by atoms with Gasteiger partial charge in [-0.15, -0.1) is 0 Å². The molecular formula is C12H15N5O2S. The normalized spacial score (nSPS) is 15.6. The predicted molar refractivity (Wildman–Crippen MR) is 77.9 cm³/mol. The van der Waals surface area contributed by atoms with Gasteiger partial charge in [-0.1, -0.05) is 0 Å². The zero-order valence-electron chi connectivity index (χ0n) is 10.9. The van der Waals surface area contributed by atoms with E-state index < -0.39 is 4.92 Å². The van der Waals surface area contributed by atoms with Crippen molar-refractivity contribution in [2.45, 2.75) is 0 Å². The molecule has 0 radical (unpaired) electrons. The Balaban J connectivity index is 1.90. The summed E-state index contributed by atoms with van der Waals surface area (Å²) in [5.41, 5.74) is -0.416. The van der Waals surface area contributed by atoms with Crippen molar-refractivity contribution in [2.75, 3.05) is 43.0 Å². The van der Waals surface area contributed by atoms with E-state index in [1.54, 1.807) is 6.07 Å². The van der Waals surface area contributed by atoms with E-state index in [1.165, 1.54) is 12.1 Å². The van der Waals surface area contributed by atoms with Crippen molar-refractivity contribution in [1.82, 2.24) is 9.88 Å². The van der Waals surface area contributed by atoms with E-state index in [-0.39, 0.29) is 11.4 Å². The maximum absolute atomic E-state index is 10.7. The molecule has 0 amide bonds. The molecule has 1 fully saturated rings. The van der Waals surface area contributed by atoms with Crippen LogP contribution >= 0.6 is 11.8 Å². The van der Waals surface area contributed by atoms with Gasteiger partial charge in [0.05, 0.1) is 4.92 Å². The highest BCUT2D eigenvalue weighted by Gasteiger charge is 2.15. The summed E-state index contributed by atoms with van der Waals surface area (Å²) < 4.78 is 0. The van der Waals surface area contributed by atoms with Crippen LogP contribution in [0.3, 0.4) is 0 Å². The van der Waals surface area contributed by atoms with E-state index in [4.69, 9.17) is 5.26 Å². The molecular weight excluding hydrogens is 278 g/mol. The highest BCUT2D eigenvalue weighted by molar-refractivity contribution is 7.99. The number of thioether (sulfide) groups is 1. The summed E-state index contributed by atoms with van der Waals surface area (Å²) in [6.07, 6.45) is 0. The van der Waals surface area contributed by atoms with E-state index in [0.717, 1.165) is 31.1 Å².